The Morgan fingerprint density at radius 1 is 1.05 bits per heavy atom. The second-order valence-corrected chi connectivity index (χ2v) is 8.87. The maximum Gasteiger partial charge on any atom is 0.206 e. The van der Waals surface area contributed by atoms with Gasteiger partial charge in [-0.2, -0.15) is 0 Å². The molecule has 0 amide bonds. The number of hydrogen-bond acceptors (Lipinski definition) is 2. The zero-order valence-electron chi connectivity index (χ0n) is 15.6. The average molecular weight is 297 g/mol. The van der Waals surface area contributed by atoms with Crippen molar-refractivity contribution in [3.05, 3.63) is 0 Å². The first kappa shape index (κ1) is 18.3. The molecule has 1 aliphatic rings. The molecule has 1 fully saturated rings. The van der Waals surface area contributed by atoms with Gasteiger partial charge < -0.3 is 5.32 Å². The summed E-state index contributed by atoms with van der Waals surface area (Å²) in [5.41, 5.74) is 3.84. The zero-order valence-corrected chi connectivity index (χ0v) is 15.6. The number of nitrogens with one attached hydrogen (secondary N) is 2. The fourth-order valence-electron chi connectivity index (χ4n) is 3.11. The molecule has 2 N–H and O–H groups in total. The van der Waals surface area contributed by atoms with E-state index in [9.17, 15) is 0 Å². The minimum atomic E-state index is -0.00913. The summed E-state index contributed by atoms with van der Waals surface area (Å²) >= 11 is 0. The molecule has 1 rings (SSSR count). The third kappa shape index (κ3) is 5.50. The molecule has 0 saturated carbocycles. The van der Waals surface area contributed by atoms with Gasteiger partial charge in [0.05, 0.1) is 0 Å². The number of rotatable bonds is 2. The van der Waals surface area contributed by atoms with Crippen molar-refractivity contribution in [2.24, 2.45) is 4.99 Å². The Morgan fingerprint density at radius 2 is 1.52 bits per heavy atom. The van der Waals surface area contributed by atoms with Gasteiger partial charge in [0.15, 0.2) is 0 Å². The summed E-state index contributed by atoms with van der Waals surface area (Å²) < 4.78 is 0. The number of guanidine groups is 1. The quantitative estimate of drug-likeness (QED) is 0.603. The lowest BCUT2D eigenvalue weighted by atomic mass is 9.82. The third-order valence-corrected chi connectivity index (χ3v) is 3.89. The van der Waals surface area contributed by atoms with Crippen molar-refractivity contribution in [1.29, 1.82) is 0 Å². The van der Waals surface area contributed by atoms with Crippen LogP contribution in [0.3, 0.4) is 0 Å². The van der Waals surface area contributed by atoms with Crippen molar-refractivity contribution < 1.29 is 0 Å². The van der Waals surface area contributed by atoms with E-state index in [1.54, 1.807) is 0 Å². The van der Waals surface area contributed by atoms with Gasteiger partial charge in [-0.25, -0.2) is 10.0 Å². The van der Waals surface area contributed by atoms with E-state index in [0.29, 0.717) is 0 Å². The van der Waals surface area contributed by atoms with E-state index < -0.39 is 0 Å². The van der Waals surface area contributed by atoms with Crippen LogP contribution in [-0.4, -0.2) is 33.6 Å². The fraction of sp³-hybridized carbons (Fsp3) is 0.941. The SMILES string of the molecule is CC(C)N=C(NN1C(C)(C)CCCC1(C)C)NC(C)(C)C. The summed E-state index contributed by atoms with van der Waals surface area (Å²) in [4.78, 5) is 4.74. The Hall–Kier alpha value is -0.770. The van der Waals surface area contributed by atoms with Crippen LogP contribution in [0.2, 0.25) is 0 Å². The van der Waals surface area contributed by atoms with E-state index in [1.807, 2.05) is 0 Å². The monoisotopic (exact) mass is 296 g/mol. The van der Waals surface area contributed by atoms with E-state index in [4.69, 9.17) is 4.99 Å². The molecule has 0 aromatic rings. The molecule has 0 aromatic heterocycles. The number of piperidine rings is 1. The van der Waals surface area contributed by atoms with Gasteiger partial charge in [0.1, 0.15) is 0 Å². The lowest BCUT2D eigenvalue weighted by Gasteiger charge is -2.53. The van der Waals surface area contributed by atoms with Crippen LogP contribution in [0.15, 0.2) is 4.99 Å². The van der Waals surface area contributed by atoms with Crippen molar-refractivity contribution in [1.82, 2.24) is 15.8 Å². The largest absolute Gasteiger partial charge is 0.351 e. The van der Waals surface area contributed by atoms with Crippen LogP contribution >= 0.6 is 0 Å². The number of nitrogens with zero attached hydrogens (tertiary/aromatic N) is 2. The molecule has 0 spiro atoms. The highest BCUT2D eigenvalue weighted by Crippen LogP contribution is 2.36. The van der Waals surface area contributed by atoms with Crippen molar-refractivity contribution in [2.75, 3.05) is 0 Å². The summed E-state index contributed by atoms with van der Waals surface area (Å²) in [6.07, 6.45) is 3.68. The van der Waals surface area contributed by atoms with Gasteiger partial charge in [-0.1, -0.05) is 0 Å². The topological polar surface area (TPSA) is 39.7 Å². The van der Waals surface area contributed by atoms with Gasteiger partial charge in [-0.15, -0.1) is 0 Å². The van der Waals surface area contributed by atoms with E-state index in [2.05, 4.69) is 78.1 Å². The minimum Gasteiger partial charge on any atom is -0.351 e. The molecule has 124 valence electrons. The highest BCUT2D eigenvalue weighted by Gasteiger charge is 2.42. The molecule has 4 heteroatoms. The molecule has 1 heterocycles. The first-order chi connectivity index (χ1) is 9.33. The fourth-order valence-corrected chi connectivity index (χ4v) is 3.11. The Kier molecular flexibility index (Phi) is 5.36. The average Bonchev–Trinajstić information content (AvgIpc) is 2.19. The van der Waals surface area contributed by atoms with E-state index in [-0.39, 0.29) is 22.7 Å². The van der Waals surface area contributed by atoms with E-state index >= 15 is 0 Å². The highest BCUT2D eigenvalue weighted by molar-refractivity contribution is 5.80. The smallest absolute Gasteiger partial charge is 0.206 e. The molecule has 0 unspecified atom stereocenters. The van der Waals surface area contributed by atoms with Crippen LogP contribution in [0.1, 0.15) is 81.6 Å². The first-order valence-corrected chi connectivity index (χ1v) is 8.26. The molecule has 0 radical (unpaired) electrons. The van der Waals surface area contributed by atoms with Crippen molar-refractivity contribution >= 4 is 5.96 Å². The Balaban J connectivity index is 3.00. The highest BCUT2D eigenvalue weighted by atomic mass is 15.6. The number of aliphatic imine (C=N–C) groups is 1. The summed E-state index contributed by atoms with van der Waals surface area (Å²) in [7, 11) is 0. The van der Waals surface area contributed by atoms with Crippen LogP contribution in [0, 0.1) is 0 Å². The van der Waals surface area contributed by atoms with Crippen molar-refractivity contribution in [3.8, 4) is 0 Å². The molecule has 4 nitrogen and oxygen atoms in total. The first-order valence-electron chi connectivity index (χ1n) is 8.26. The molecular formula is C17H36N4. The number of hydrogen-bond donors (Lipinski definition) is 2. The lowest BCUT2D eigenvalue weighted by Crippen LogP contribution is -2.67. The van der Waals surface area contributed by atoms with E-state index in [1.165, 1.54) is 19.3 Å². The van der Waals surface area contributed by atoms with Gasteiger partial charge in [0, 0.05) is 22.7 Å². The molecule has 0 aliphatic carbocycles. The molecular weight excluding hydrogens is 260 g/mol. The van der Waals surface area contributed by atoms with Gasteiger partial charge in [0.2, 0.25) is 5.96 Å². The van der Waals surface area contributed by atoms with Gasteiger partial charge in [0.25, 0.3) is 0 Å². The maximum atomic E-state index is 4.74. The molecule has 0 aromatic carbocycles. The van der Waals surface area contributed by atoms with Gasteiger partial charge in [-0.05, 0) is 81.6 Å². The Labute approximate surface area is 131 Å². The van der Waals surface area contributed by atoms with Crippen LogP contribution < -0.4 is 10.7 Å². The summed E-state index contributed by atoms with van der Waals surface area (Å²) in [6, 6.07) is 0.262. The molecule has 0 bridgehead atoms. The predicted octanol–water partition coefficient (Wildman–Crippen LogP) is 3.69. The van der Waals surface area contributed by atoms with Crippen LogP contribution in [-0.2, 0) is 0 Å². The second kappa shape index (κ2) is 6.15. The second-order valence-electron chi connectivity index (χ2n) is 8.87. The van der Waals surface area contributed by atoms with Gasteiger partial charge in [-0.3, -0.25) is 5.43 Å². The Bertz CT molecular complexity index is 359. The summed E-state index contributed by atoms with van der Waals surface area (Å²) in [6.45, 7) is 20.0. The van der Waals surface area contributed by atoms with Crippen LogP contribution in [0.5, 0.6) is 0 Å². The molecule has 1 saturated heterocycles. The maximum absolute atomic E-state index is 4.74. The lowest BCUT2D eigenvalue weighted by molar-refractivity contribution is -0.0523. The normalized spacial score (nSPS) is 23.2. The van der Waals surface area contributed by atoms with Gasteiger partial charge >= 0.3 is 0 Å². The van der Waals surface area contributed by atoms with E-state index in [0.717, 1.165) is 5.96 Å². The van der Waals surface area contributed by atoms with Crippen molar-refractivity contribution in [2.45, 2.75) is 104 Å². The number of hydrazine groups is 1. The van der Waals surface area contributed by atoms with Crippen LogP contribution in [0.25, 0.3) is 0 Å². The zero-order chi connectivity index (χ0) is 16.5. The van der Waals surface area contributed by atoms with Crippen molar-refractivity contribution in [3.63, 3.8) is 0 Å². The molecule has 0 atom stereocenters. The third-order valence-electron chi connectivity index (χ3n) is 3.89. The summed E-state index contributed by atoms with van der Waals surface area (Å²) in [5.74, 6) is 0.876. The standard InChI is InChI=1S/C17H36N4/c1-13(2)18-14(19-15(3,4)5)20-21-16(6,7)11-10-12-17(21,8)9/h13H,10-12H2,1-9H3,(H2,18,19,20). The molecule has 1 aliphatic heterocycles. The summed E-state index contributed by atoms with van der Waals surface area (Å²) in [5, 5.41) is 5.90. The molecule has 21 heavy (non-hydrogen) atoms. The minimum absolute atomic E-state index is 0.00913. The Morgan fingerprint density at radius 3 is 1.90 bits per heavy atom. The van der Waals surface area contributed by atoms with Crippen LogP contribution in [0.4, 0.5) is 0 Å². The predicted molar refractivity (Wildman–Crippen MR) is 92.4 cm³/mol.